The second-order valence-corrected chi connectivity index (χ2v) is 7.84. The van der Waals surface area contributed by atoms with Crippen LogP contribution in [-0.4, -0.2) is 22.1 Å². The van der Waals surface area contributed by atoms with Gasteiger partial charge in [-0.05, 0) is 36.8 Å². The molecule has 3 aromatic carbocycles. The number of carbonyl (C=O) groups excluding carboxylic acids is 1. The Morgan fingerprint density at radius 2 is 1.73 bits per heavy atom. The van der Waals surface area contributed by atoms with Crippen molar-refractivity contribution < 1.29 is 9.53 Å². The van der Waals surface area contributed by atoms with Crippen LogP contribution in [0.25, 0.3) is 11.0 Å². The molecule has 6 heteroatoms. The number of carbonyl (C=O) groups is 1. The summed E-state index contributed by atoms with van der Waals surface area (Å²) in [5.74, 6) is 0.540. The number of imidazole rings is 1. The largest absolute Gasteiger partial charge is 0.492 e. The summed E-state index contributed by atoms with van der Waals surface area (Å²) in [4.78, 5) is 18.1. The van der Waals surface area contributed by atoms with Gasteiger partial charge in [-0.25, -0.2) is 4.98 Å². The predicted molar refractivity (Wildman–Crippen MR) is 122 cm³/mol. The van der Waals surface area contributed by atoms with E-state index in [1.807, 2.05) is 97.4 Å². The maximum Gasteiger partial charge on any atom is 0.242 e. The fourth-order valence-electron chi connectivity index (χ4n) is 3.28. The van der Waals surface area contributed by atoms with Crippen LogP contribution in [0.1, 0.15) is 17.7 Å². The molecule has 0 radical (unpaired) electrons. The highest BCUT2D eigenvalue weighted by Crippen LogP contribution is 2.37. The number of nitrogens with zero attached hydrogens (tertiary/aromatic N) is 2. The summed E-state index contributed by atoms with van der Waals surface area (Å²) in [5.41, 5.74) is 3.53. The number of aromatic nitrogens is 2. The minimum atomic E-state index is -0.462. The maximum absolute atomic E-state index is 13.4. The normalized spacial score (nSPS) is 11.9. The zero-order chi connectivity index (χ0) is 20.9. The minimum Gasteiger partial charge on any atom is -0.492 e. The number of para-hydroxylation sites is 4. The highest BCUT2D eigenvalue weighted by atomic mass is 32.2. The zero-order valence-electron chi connectivity index (χ0n) is 16.9. The second-order valence-electron chi connectivity index (χ2n) is 6.77. The molecule has 4 rings (SSSR count). The van der Waals surface area contributed by atoms with Gasteiger partial charge in [0, 0.05) is 7.05 Å². The Morgan fingerprint density at radius 1 is 1.03 bits per heavy atom. The molecule has 30 heavy (non-hydrogen) atoms. The molecular formula is C24H23N3O2S. The Kier molecular flexibility index (Phi) is 6.05. The van der Waals surface area contributed by atoms with Gasteiger partial charge >= 0.3 is 0 Å². The first-order valence-electron chi connectivity index (χ1n) is 9.83. The van der Waals surface area contributed by atoms with E-state index in [1.165, 1.54) is 11.8 Å². The first kappa shape index (κ1) is 20.0. The lowest BCUT2D eigenvalue weighted by molar-refractivity contribution is -0.115. The molecule has 1 heterocycles. The summed E-state index contributed by atoms with van der Waals surface area (Å²) < 4.78 is 7.69. The number of benzene rings is 3. The molecule has 1 N–H and O–H groups in total. The molecule has 0 fully saturated rings. The zero-order valence-corrected chi connectivity index (χ0v) is 17.7. The number of hydrogen-bond donors (Lipinski definition) is 1. The van der Waals surface area contributed by atoms with Gasteiger partial charge in [-0.3, -0.25) is 4.79 Å². The van der Waals surface area contributed by atoms with E-state index >= 15 is 0 Å². The standard InChI is InChI=1S/C24H23N3O2S/c1-3-29-21-16-10-8-14-19(21)25-23(28)22(17-11-5-4-6-12-17)30-24-26-18-13-7-9-15-20(18)27(24)2/h4-16,22H,3H2,1-2H3,(H,25,28). The summed E-state index contributed by atoms with van der Waals surface area (Å²) in [7, 11) is 1.97. The SMILES string of the molecule is CCOc1ccccc1NC(=O)C(Sc1nc2ccccc2n1C)c1ccccc1. The first-order valence-corrected chi connectivity index (χ1v) is 10.7. The molecule has 1 aromatic heterocycles. The number of amides is 1. The number of thioether (sulfide) groups is 1. The molecule has 0 aliphatic rings. The van der Waals surface area contributed by atoms with Crippen molar-refractivity contribution >= 4 is 34.4 Å². The van der Waals surface area contributed by atoms with E-state index in [2.05, 4.69) is 5.32 Å². The molecule has 0 spiro atoms. The van der Waals surface area contributed by atoms with Crippen LogP contribution < -0.4 is 10.1 Å². The molecule has 0 bridgehead atoms. The Labute approximate surface area is 180 Å². The summed E-state index contributed by atoms with van der Waals surface area (Å²) in [5, 5.41) is 3.37. The van der Waals surface area contributed by atoms with Crippen LogP contribution in [0.3, 0.4) is 0 Å². The van der Waals surface area contributed by atoms with Crippen molar-refractivity contribution in [2.45, 2.75) is 17.3 Å². The highest BCUT2D eigenvalue weighted by molar-refractivity contribution is 8.00. The molecule has 1 atom stereocenters. The van der Waals surface area contributed by atoms with E-state index in [1.54, 1.807) is 0 Å². The topological polar surface area (TPSA) is 56.1 Å². The third-order valence-electron chi connectivity index (χ3n) is 4.75. The third kappa shape index (κ3) is 4.19. The highest BCUT2D eigenvalue weighted by Gasteiger charge is 2.25. The average molecular weight is 418 g/mol. The molecular weight excluding hydrogens is 394 g/mol. The van der Waals surface area contributed by atoms with Gasteiger partial charge < -0.3 is 14.6 Å². The molecule has 1 unspecified atom stereocenters. The van der Waals surface area contributed by atoms with Crippen LogP contribution >= 0.6 is 11.8 Å². The van der Waals surface area contributed by atoms with E-state index in [-0.39, 0.29) is 5.91 Å². The summed E-state index contributed by atoms with van der Waals surface area (Å²) in [6.07, 6.45) is 0. The van der Waals surface area contributed by atoms with E-state index in [0.717, 1.165) is 21.8 Å². The number of nitrogens with one attached hydrogen (secondary N) is 1. The van der Waals surface area contributed by atoms with Crippen LogP contribution in [0, 0.1) is 0 Å². The molecule has 0 aliphatic heterocycles. The van der Waals surface area contributed by atoms with Gasteiger partial charge in [0.2, 0.25) is 5.91 Å². The van der Waals surface area contributed by atoms with E-state index in [4.69, 9.17) is 9.72 Å². The molecule has 0 saturated heterocycles. The summed E-state index contributed by atoms with van der Waals surface area (Å²) in [6.45, 7) is 2.45. The number of aryl methyl sites for hydroxylation is 1. The van der Waals surface area contributed by atoms with E-state index in [9.17, 15) is 4.79 Å². The van der Waals surface area contributed by atoms with Crippen molar-refractivity contribution in [3.63, 3.8) is 0 Å². The van der Waals surface area contributed by atoms with Crippen LogP contribution in [0.2, 0.25) is 0 Å². The minimum absolute atomic E-state index is 0.120. The third-order valence-corrected chi connectivity index (χ3v) is 6.05. The number of hydrogen-bond acceptors (Lipinski definition) is 4. The van der Waals surface area contributed by atoms with Gasteiger partial charge in [-0.15, -0.1) is 0 Å². The maximum atomic E-state index is 13.4. The van der Waals surface area contributed by atoms with E-state index in [0.29, 0.717) is 18.0 Å². The molecule has 152 valence electrons. The first-order chi connectivity index (χ1) is 14.7. The van der Waals surface area contributed by atoms with Crippen LogP contribution in [-0.2, 0) is 11.8 Å². The lowest BCUT2D eigenvalue weighted by Gasteiger charge is -2.18. The van der Waals surface area contributed by atoms with Gasteiger partial charge in [0.25, 0.3) is 0 Å². The Morgan fingerprint density at radius 3 is 2.50 bits per heavy atom. The molecule has 0 saturated carbocycles. The number of fused-ring (bicyclic) bond motifs is 1. The van der Waals surface area contributed by atoms with Gasteiger partial charge in [0.05, 0.1) is 23.3 Å². The van der Waals surface area contributed by atoms with Crippen LogP contribution in [0.15, 0.2) is 84.0 Å². The Balaban J connectivity index is 1.67. The fraction of sp³-hybridized carbons (Fsp3) is 0.167. The molecule has 0 aliphatic carbocycles. The molecule has 4 aromatic rings. The van der Waals surface area contributed by atoms with Gasteiger partial charge in [-0.2, -0.15) is 0 Å². The summed E-state index contributed by atoms with van der Waals surface area (Å²) in [6, 6.07) is 25.2. The van der Waals surface area contributed by atoms with E-state index < -0.39 is 5.25 Å². The Hall–Kier alpha value is -3.25. The number of ether oxygens (including phenoxy) is 1. The number of anilines is 1. The monoisotopic (exact) mass is 417 g/mol. The van der Waals surface area contributed by atoms with Crippen molar-refractivity contribution in [1.29, 1.82) is 0 Å². The van der Waals surface area contributed by atoms with Crippen molar-refractivity contribution in [3.05, 3.63) is 84.4 Å². The van der Waals surface area contributed by atoms with Crippen molar-refractivity contribution in [2.75, 3.05) is 11.9 Å². The van der Waals surface area contributed by atoms with Gasteiger partial charge in [0.1, 0.15) is 11.0 Å². The quantitative estimate of drug-likeness (QED) is 0.407. The second kappa shape index (κ2) is 9.05. The molecule has 5 nitrogen and oxygen atoms in total. The average Bonchev–Trinajstić information content (AvgIpc) is 3.09. The van der Waals surface area contributed by atoms with Crippen molar-refractivity contribution in [3.8, 4) is 5.75 Å². The number of rotatable bonds is 7. The lowest BCUT2D eigenvalue weighted by atomic mass is 10.1. The van der Waals surface area contributed by atoms with Crippen LogP contribution in [0.5, 0.6) is 5.75 Å². The van der Waals surface area contributed by atoms with Crippen molar-refractivity contribution in [1.82, 2.24) is 9.55 Å². The Bertz CT molecular complexity index is 1160. The smallest absolute Gasteiger partial charge is 0.242 e. The van der Waals surface area contributed by atoms with Crippen LogP contribution in [0.4, 0.5) is 5.69 Å². The predicted octanol–water partition coefficient (Wildman–Crippen LogP) is 5.44. The molecule has 1 amide bonds. The summed E-state index contributed by atoms with van der Waals surface area (Å²) >= 11 is 1.44. The van der Waals surface area contributed by atoms with Gasteiger partial charge in [-0.1, -0.05) is 66.4 Å². The fourth-order valence-corrected chi connectivity index (χ4v) is 4.36. The van der Waals surface area contributed by atoms with Gasteiger partial charge in [0.15, 0.2) is 5.16 Å². The lowest BCUT2D eigenvalue weighted by Crippen LogP contribution is -2.20. The van der Waals surface area contributed by atoms with Crippen molar-refractivity contribution in [2.24, 2.45) is 7.05 Å².